The van der Waals surface area contributed by atoms with Gasteiger partial charge in [0.15, 0.2) is 0 Å². The molecule has 0 saturated carbocycles. The van der Waals surface area contributed by atoms with E-state index in [1.165, 1.54) is 105 Å². The summed E-state index contributed by atoms with van der Waals surface area (Å²) in [5, 5.41) is 31.4. The van der Waals surface area contributed by atoms with Crippen molar-refractivity contribution in [3.63, 3.8) is 0 Å². The third-order valence-corrected chi connectivity index (χ3v) is 7.39. The molecule has 13 heteroatoms. The Kier molecular flexibility index (Phi) is 26.9. The Morgan fingerprint density at radius 1 is 0.533 bits per heavy atom. The maximum atomic E-state index is 12.5. The van der Waals surface area contributed by atoms with E-state index in [0.717, 1.165) is 19.3 Å². The second-order valence-electron chi connectivity index (χ2n) is 11.8. The minimum atomic E-state index is -1.20. The molecule has 0 aromatic heterocycles. The Morgan fingerprint density at radius 2 is 0.889 bits per heavy atom. The number of carboxylic acid groups (broad SMARTS) is 3. The molecule has 0 aromatic rings. The molecule has 0 fully saturated rings. The van der Waals surface area contributed by atoms with E-state index in [2.05, 4.69) is 12.2 Å². The van der Waals surface area contributed by atoms with Gasteiger partial charge in [-0.2, -0.15) is 0 Å². The fourth-order valence-corrected chi connectivity index (χ4v) is 5.05. The Hall–Kier alpha value is -2.77. The molecule has 45 heavy (non-hydrogen) atoms. The third kappa shape index (κ3) is 29.7. The summed E-state index contributed by atoms with van der Waals surface area (Å²) in [7, 11) is 0. The van der Waals surface area contributed by atoms with Gasteiger partial charge in [0.1, 0.15) is 0 Å². The lowest BCUT2D eigenvalue weighted by molar-refractivity contribution is -0.190. The van der Waals surface area contributed by atoms with E-state index in [-0.39, 0.29) is 38.6 Å². The van der Waals surface area contributed by atoms with Gasteiger partial charge >= 0.3 is 23.9 Å². The van der Waals surface area contributed by atoms with Crippen LogP contribution in [0.15, 0.2) is 0 Å². The van der Waals surface area contributed by atoms with Gasteiger partial charge in [0, 0.05) is 39.6 Å². The maximum absolute atomic E-state index is 12.5. The average molecular weight is 645 g/mol. The number of rotatable bonds is 32. The number of hydrogen-bond donors (Lipinski definition) is 4. The predicted octanol–water partition coefficient (Wildman–Crippen LogP) is 4.00. The zero-order valence-corrected chi connectivity index (χ0v) is 27.8. The van der Waals surface area contributed by atoms with Crippen LogP contribution in [0.3, 0.4) is 0 Å². The number of nitrogens with one attached hydrogen (secondary N) is 1. The summed E-state index contributed by atoms with van der Waals surface area (Å²) in [6.45, 7) is 2.46. The molecule has 0 rings (SSSR count). The van der Waals surface area contributed by atoms with E-state index >= 15 is 0 Å². The number of carbonyl (C=O) groups is 5. The number of unbranched alkanes of at least 4 members (excludes halogenated alkanes) is 15. The molecule has 0 aliphatic heterocycles. The fourth-order valence-electron chi connectivity index (χ4n) is 5.05. The number of hydrogen-bond acceptors (Lipinski definition) is 9. The van der Waals surface area contributed by atoms with Crippen LogP contribution in [0, 0.1) is 0 Å². The molecule has 0 aliphatic rings. The van der Waals surface area contributed by atoms with Crippen LogP contribution in [0.5, 0.6) is 0 Å². The predicted molar refractivity (Wildman–Crippen MR) is 172 cm³/mol. The van der Waals surface area contributed by atoms with Crippen LogP contribution in [0.25, 0.3) is 0 Å². The SMILES string of the molecule is CCCCCCCCCCCCCCCCCCNC(=O)CN(CCN(CCN(CC(=O)O)CC(=O)O)OC(C)=O)CC(=O)O. The molecule has 0 aliphatic carbocycles. The molecular formula is C32H60N4O9. The molecule has 0 bridgehead atoms. The molecule has 0 radical (unpaired) electrons. The lowest BCUT2D eigenvalue weighted by Crippen LogP contribution is -2.46. The standard InChI is InChI=1S/C32H60N4O9/c1-3-4-5-6-7-8-9-10-11-12-13-14-15-16-17-18-19-33-29(38)24-34(25-30(39)40)20-22-36(45-28(2)37)23-21-35(26-31(41)42)27-32(43)44/h3-27H2,1-2H3,(H,33,38)(H,39,40)(H,41,42)(H,43,44). The second-order valence-corrected chi connectivity index (χ2v) is 11.8. The van der Waals surface area contributed by atoms with Crippen LogP contribution < -0.4 is 5.32 Å². The number of carboxylic acids is 3. The number of carbonyl (C=O) groups excluding carboxylic acids is 2. The van der Waals surface area contributed by atoms with E-state index < -0.39 is 43.5 Å². The van der Waals surface area contributed by atoms with Crippen LogP contribution in [-0.4, -0.2) is 119 Å². The van der Waals surface area contributed by atoms with Crippen LogP contribution >= 0.6 is 0 Å². The Balaban J connectivity index is 4.24. The summed E-state index contributed by atoms with van der Waals surface area (Å²) in [4.78, 5) is 65.2. The van der Waals surface area contributed by atoms with Crippen LogP contribution in [-0.2, 0) is 28.8 Å². The normalized spacial score (nSPS) is 11.3. The second kappa shape index (κ2) is 28.7. The molecule has 13 nitrogen and oxygen atoms in total. The van der Waals surface area contributed by atoms with Crippen molar-refractivity contribution < 1.29 is 44.1 Å². The first-order chi connectivity index (χ1) is 21.5. The topological polar surface area (TPSA) is 177 Å². The lowest BCUT2D eigenvalue weighted by atomic mass is 10.0. The van der Waals surface area contributed by atoms with Crippen molar-refractivity contribution in [1.29, 1.82) is 0 Å². The van der Waals surface area contributed by atoms with E-state index in [1.54, 1.807) is 0 Å². The first-order valence-corrected chi connectivity index (χ1v) is 16.8. The molecule has 262 valence electrons. The Morgan fingerprint density at radius 3 is 1.24 bits per heavy atom. The molecule has 0 saturated heterocycles. The zero-order chi connectivity index (χ0) is 33.7. The minimum Gasteiger partial charge on any atom is -0.480 e. The highest BCUT2D eigenvalue weighted by molar-refractivity contribution is 5.79. The summed E-state index contributed by atoms with van der Waals surface area (Å²) in [5.74, 6) is -4.46. The number of aliphatic carboxylic acids is 3. The summed E-state index contributed by atoms with van der Waals surface area (Å²) in [6.07, 6.45) is 20.3. The van der Waals surface area contributed by atoms with E-state index in [0.29, 0.717) is 6.54 Å². The summed E-state index contributed by atoms with van der Waals surface area (Å²) >= 11 is 0. The van der Waals surface area contributed by atoms with Gasteiger partial charge in [-0.1, -0.05) is 103 Å². The molecule has 1 amide bonds. The molecule has 4 N–H and O–H groups in total. The van der Waals surface area contributed by atoms with Crippen molar-refractivity contribution in [2.24, 2.45) is 0 Å². The van der Waals surface area contributed by atoms with Crippen molar-refractivity contribution in [3.8, 4) is 0 Å². The largest absolute Gasteiger partial charge is 0.480 e. The molecule has 0 spiro atoms. The molecule has 0 aromatic carbocycles. The van der Waals surface area contributed by atoms with Gasteiger partial charge in [0.2, 0.25) is 5.91 Å². The summed E-state index contributed by atoms with van der Waals surface area (Å²) < 4.78 is 0. The van der Waals surface area contributed by atoms with Gasteiger partial charge in [0.05, 0.1) is 26.2 Å². The number of nitrogens with zero attached hydrogens (tertiary/aromatic N) is 3. The highest BCUT2D eigenvalue weighted by Gasteiger charge is 2.19. The van der Waals surface area contributed by atoms with Crippen molar-refractivity contribution in [3.05, 3.63) is 0 Å². The highest BCUT2D eigenvalue weighted by Crippen LogP contribution is 2.13. The Bertz CT molecular complexity index is 812. The highest BCUT2D eigenvalue weighted by atomic mass is 16.7. The summed E-state index contributed by atoms with van der Waals surface area (Å²) in [6, 6.07) is 0. The monoisotopic (exact) mass is 644 g/mol. The first-order valence-electron chi connectivity index (χ1n) is 16.8. The first kappa shape index (κ1) is 42.2. The number of amides is 1. The van der Waals surface area contributed by atoms with Crippen molar-refractivity contribution in [2.75, 3.05) is 58.9 Å². The molecule has 0 unspecified atom stereocenters. The fraction of sp³-hybridized carbons (Fsp3) is 0.844. The van der Waals surface area contributed by atoms with Gasteiger partial charge in [-0.15, -0.1) is 5.06 Å². The van der Waals surface area contributed by atoms with Crippen molar-refractivity contribution in [2.45, 2.75) is 117 Å². The van der Waals surface area contributed by atoms with E-state index in [9.17, 15) is 29.1 Å². The molecular weight excluding hydrogens is 584 g/mol. The van der Waals surface area contributed by atoms with Crippen LogP contribution in [0.1, 0.15) is 117 Å². The smallest absolute Gasteiger partial charge is 0.322 e. The van der Waals surface area contributed by atoms with Crippen LogP contribution in [0.4, 0.5) is 0 Å². The van der Waals surface area contributed by atoms with Crippen molar-refractivity contribution in [1.82, 2.24) is 20.2 Å². The van der Waals surface area contributed by atoms with Gasteiger partial charge in [0.25, 0.3) is 0 Å². The summed E-state index contributed by atoms with van der Waals surface area (Å²) in [5.41, 5.74) is 0. The maximum Gasteiger partial charge on any atom is 0.322 e. The van der Waals surface area contributed by atoms with Crippen LogP contribution in [0.2, 0.25) is 0 Å². The average Bonchev–Trinajstić information content (AvgIpc) is 2.94. The van der Waals surface area contributed by atoms with Gasteiger partial charge in [-0.25, -0.2) is 0 Å². The van der Waals surface area contributed by atoms with Gasteiger partial charge < -0.3 is 25.5 Å². The van der Waals surface area contributed by atoms with E-state index in [1.807, 2.05) is 0 Å². The zero-order valence-electron chi connectivity index (χ0n) is 27.8. The van der Waals surface area contributed by atoms with Gasteiger partial charge in [-0.05, 0) is 6.42 Å². The van der Waals surface area contributed by atoms with Gasteiger partial charge in [-0.3, -0.25) is 33.8 Å². The quantitative estimate of drug-likeness (QED) is 0.0612. The van der Waals surface area contributed by atoms with E-state index in [4.69, 9.17) is 15.1 Å². The Labute approximate surface area is 269 Å². The van der Waals surface area contributed by atoms with Crippen molar-refractivity contribution >= 4 is 29.8 Å². The minimum absolute atomic E-state index is 0.00744. The molecule has 0 atom stereocenters. The lowest BCUT2D eigenvalue weighted by Gasteiger charge is -2.27. The molecule has 0 heterocycles. The third-order valence-electron chi connectivity index (χ3n) is 7.39. The number of hydroxylamine groups is 2.